The third-order valence-electron chi connectivity index (χ3n) is 17.3. The summed E-state index contributed by atoms with van der Waals surface area (Å²) in [5.74, 6) is 6.69. The van der Waals surface area contributed by atoms with Gasteiger partial charge in [0.05, 0.1) is 17.2 Å². The Balaban J connectivity index is 0.744. The number of aliphatic imine (C=N–C) groups is 1. The number of ether oxygens (including phenoxy) is 4. The second kappa shape index (κ2) is 16.4. The zero-order chi connectivity index (χ0) is 44.5. The number of esters is 1. The molecule has 0 amide bonds. The summed E-state index contributed by atoms with van der Waals surface area (Å²) in [5.41, 5.74) is 3.91. The fraction of sp³-hybridized carbons (Fsp3) is 0.518. The normalized spacial score (nSPS) is 30.1. The number of para-hydroxylation sites is 1. The summed E-state index contributed by atoms with van der Waals surface area (Å²) in [4.78, 5) is 34.0. The molecule has 8 heteroatoms. The first-order chi connectivity index (χ1) is 30.8. The van der Waals surface area contributed by atoms with Crippen LogP contribution in [0.3, 0.4) is 0 Å². The van der Waals surface area contributed by atoms with Gasteiger partial charge in [0.25, 0.3) is 0 Å². The fourth-order valence-corrected chi connectivity index (χ4v) is 13.8. The number of anilines is 1. The SMILES string of the molecule is CC(C)CCC[C@@H](C)[C@H]1CC[C@@H]2C1CC[C@H]1[C@H]2CC=C2C[C@@H](OC(=O)Oc3ccc(OC(=O)c4cccc5c6c(ccc45)OC4(C=N6)N(C)c5ccccc5C4(C)C)cc3)CC[C@@]21C. The minimum atomic E-state index is -0.806. The van der Waals surface area contributed by atoms with E-state index in [2.05, 4.69) is 70.7 Å². The standard InChI is InChI=1S/C56H66N2O6/c1-34(2)12-10-13-35(3)40-24-25-42-41(40)26-28-47-44(42)23-18-36-32-39(30-31-55(36,47)6)63-53(60)62-38-21-19-37(20-22-38)61-52(59)46-15-11-14-45-43(46)27-29-50-51(45)57-33-56(64-50)54(4,5)48-16-8-9-17-49(48)58(56)7/h8-9,11,14-22,27,29,33-35,39-42,44,47H,10,12-13,23-26,28,30-32H2,1-7H3/t35-,39+,40-,41?,42-,44+,47+,55+,56?/m1/s1. The number of rotatable bonds is 9. The average molecular weight is 863 g/mol. The van der Waals surface area contributed by atoms with Crippen LogP contribution in [0.5, 0.6) is 17.2 Å². The second-order valence-corrected chi connectivity index (χ2v) is 21.4. The van der Waals surface area contributed by atoms with E-state index in [0.29, 0.717) is 33.9 Å². The van der Waals surface area contributed by atoms with Crippen molar-refractivity contribution in [2.75, 3.05) is 11.9 Å². The maximum Gasteiger partial charge on any atom is 0.514 e. The molecule has 6 aliphatic rings. The molecular weight excluding hydrogens is 797 g/mol. The Morgan fingerprint density at radius 3 is 2.36 bits per heavy atom. The van der Waals surface area contributed by atoms with Crippen LogP contribution in [0.15, 0.2) is 95.5 Å². The third-order valence-corrected chi connectivity index (χ3v) is 17.3. The number of hydrogen-bond donors (Lipinski definition) is 0. The lowest BCUT2D eigenvalue weighted by Crippen LogP contribution is -2.61. The van der Waals surface area contributed by atoms with Crippen LogP contribution in [0.2, 0.25) is 0 Å². The van der Waals surface area contributed by atoms with E-state index in [-0.39, 0.29) is 16.9 Å². The number of fused-ring (bicyclic) bond motifs is 9. The van der Waals surface area contributed by atoms with Crippen LogP contribution in [-0.2, 0) is 10.2 Å². The number of carbonyl (C=O) groups excluding carboxylic acids is 2. The Hall–Kier alpha value is -5.11. The van der Waals surface area contributed by atoms with E-state index >= 15 is 0 Å². The van der Waals surface area contributed by atoms with E-state index < -0.39 is 17.8 Å². The third kappa shape index (κ3) is 7.13. The minimum Gasteiger partial charge on any atom is -0.459 e. The van der Waals surface area contributed by atoms with Gasteiger partial charge in [-0.05, 0) is 165 Å². The second-order valence-electron chi connectivity index (χ2n) is 21.4. The van der Waals surface area contributed by atoms with Crippen LogP contribution < -0.4 is 19.1 Å². The van der Waals surface area contributed by atoms with Crippen LogP contribution in [-0.4, -0.2) is 37.2 Å². The molecule has 3 fully saturated rings. The highest BCUT2D eigenvalue weighted by Crippen LogP contribution is 2.63. The van der Waals surface area contributed by atoms with Crippen LogP contribution in [0, 0.1) is 46.8 Å². The predicted molar refractivity (Wildman–Crippen MR) is 254 cm³/mol. The van der Waals surface area contributed by atoms with Gasteiger partial charge in [-0.2, -0.15) is 0 Å². The van der Waals surface area contributed by atoms with Crippen LogP contribution >= 0.6 is 0 Å². The lowest BCUT2D eigenvalue weighted by atomic mass is 9.50. The van der Waals surface area contributed by atoms with E-state index in [1.807, 2.05) is 43.6 Å². The summed E-state index contributed by atoms with van der Waals surface area (Å²) in [6, 6.07) is 24.2. The van der Waals surface area contributed by atoms with Crippen molar-refractivity contribution in [1.82, 2.24) is 0 Å². The van der Waals surface area contributed by atoms with Gasteiger partial charge in [0.15, 0.2) is 0 Å². The van der Waals surface area contributed by atoms with Gasteiger partial charge >= 0.3 is 12.1 Å². The highest BCUT2D eigenvalue weighted by atomic mass is 16.7. The highest BCUT2D eigenvalue weighted by Gasteiger charge is 2.59. The van der Waals surface area contributed by atoms with E-state index in [4.69, 9.17) is 23.9 Å². The number of hydrogen-bond acceptors (Lipinski definition) is 8. The van der Waals surface area contributed by atoms with Gasteiger partial charge in [0.1, 0.15) is 29.0 Å². The average Bonchev–Trinajstić information content (AvgIpc) is 3.79. The summed E-state index contributed by atoms with van der Waals surface area (Å²) in [5, 5.41) is 1.51. The van der Waals surface area contributed by atoms with Gasteiger partial charge in [-0.25, -0.2) is 9.59 Å². The Morgan fingerprint density at radius 1 is 0.812 bits per heavy atom. The van der Waals surface area contributed by atoms with Crippen molar-refractivity contribution in [3.63, 3.8) is 0 Å². The number of carbonyl (C=O) groups is 2. The fourth-order valence-electron chi connectivity index (χ4n) is 13.8. The first kappa shape index (κ1) is 42.8. The summed E-state index contributed by atoms with van der Waals surface area (Å²) < 4.78 is 24.3. The molecule has 4 aliphatic carbocycles. The number of likely N-dealkylation sites (N-methyl/N-ethyl adjacent to an activating group) is 1. The Bertz CT molecular complexity index is 2510. The summed E-state index contributed by atoms with van der Waals surface area (Å²) in [6.45, 7) is 14.1. The molecule has 1 spiro atoms. The molecule has 0 bridgehead atoms. The minimum absolute atomic E-state index is 0.194. The van der Waals surface area contributed by atoms with Gasteiger partial charge in [-0.15, -0.1) is 0 Å². The Morgan fingerprint density at radius 2 is 1.58 bits per heavy atom. The molecule has 0 N–H and O–H groups in total. The van der Waals surface area contributed by atoms with E-state index in [1.54, 1.807) is 30.3 Å². The summed E-state index contributed by atoms with van der Waals surface area (Å²) >= 11 is 0. The van der Waals surface area contributed by atoms with Crippen LogP contribution in [0.4, 0.5) is 16.2 Å². The maximum absolute atomic E-state index is 13.7. The molecular formula is C56H66N2O6. The largest absolute Gasteiger partial charge is 0.514 e. The molecule has 0 radical (unpaired) electrons. The van der Waals surface area contributed by atoms with E-state index in [9.17, 15) is 9.59 Å². The molecule has 4 aromatic carbocycles. The molecule has 3 saturated carbocycles. The van der Waals surface area contributed by atoms with Gasteiger partial charge < -0.3 is 23.8 Å². The topological polar surface area (TPSA) is 86.7 Å². The smallest absolute Gasteiger partial charge is 0.459 e. The molecule has 2 aliphatic heterocycles. The molecule has 0 aromatic heterocycles. The van der Waals surface area contributed by atoms with E-state index in [0.717, 1.165) is 71.8 Å². The summed E-state index contributed by atoms with van der Waals surface area (Å²) in [6.07, 6.45) is 17.1. The molecule has 2 heterocycles. The van der Waals surface area contributed by atoms with E-state index in [1.165, 1.54) is 62.5 Å². The Kier molecular flexibility index (Phi) is 11.0. The van der Waals surface area contributed by atoms with Crippen molar-refractivity contribution >= 4 is 40.5 Å². The first-order valence-corrected chi connectivity index (χ1v) is 24.3. The molecule has 4 aromatic rings. The van der Waals surface area contributed by atoms with Crippen LogP contribution in [0.25, 0.3) is 10.8 Å². The molecule has 2 unspecified atom stereocenters. The first-order valence-electron chi connectivity index (χ1n) is 24.3. The highest BCUT2D eigenvalue weighted by molar-refractivity contribution is 6.10. The van der Waals surface area contributed by atoms with Crippen LogP contribution in [0.1, 0.15) is 128 Å². The monoisotopic (exact) mass is 862 g/mol. The number of allylic oxidation sites excluding steroid dienone is 1. The van der Waals surface area contributed by atoms with Gasteiger partial charge in [0.2, 0.25) is 5.72 Å². The maximum atomic E-state index is 13.7. The van der Waals surface area contributed by atoms with Crippen molar-refractivity contribution < 1.29 is 28.5 Å². The number of nitrogens with zero attached hydrogens (tertiary/aromatic N) is 2. The lowest BCUT2D eigenvalue weighted by Gasteiger charge is -2.55. The molecule has 8 nitrogen and oxygen atoms in total. The molecule has 336 valence electrons. The molecule has 10 rings (SSSR count). The van der Waals surface area contributed by atoms with Gasteiger partial charge in [-0.1, -0.05) is 88.9 Å². The molecule has 9 atom stereocenters. The Labute approximate surface area is 379 Å². The number of benzene rings is 4. The van der Waals surface area contributed by atoms with Crippen molar-refractivity contribution in [1.29, 1.82) is 0 Å². The van der Waals surface area contributed by atoms with Gasteiger partial charge in [-0.3, -0.25) is 4.99 Å². The predicted octanol–water partition coefficient (Wildman–Crippen LogP) is 13.8. The molecule has 0 saturated heterocycles. The van der Waals surface area contributed by atoms with Crippen molar-refractivity contribution in [3.05, 3.63) is 102 Å². The zero-order valence-corrected chi connectivity index (χ0v) is 38.9. The van der Waals surface area contributed by atoms with Crippen molar-refractivity contribution in [2.45, 2.75) is 129 Å². The van der Waals surface area contributed by atoms with Crippen molar-refractivity contribution in [2.24, 2.45) is 51.8 Å². The van der Waals surface area contributed by atoms with Gasteiger partial charge in [0, 0.05) is 24.5 Å². The lowest BCUT2D eigenvalue weighted by molar-refractivity contribution is -0.0232. The molecule has 64 heavy (non-hydrogen) atoms. The quantitative estimate of drug-likeness (QED) is 0.0717. The zero-order valence-electron chi connectivity index (χ0n) is 38.9. The summed E-state index contributed by atoms with van der Waals surface area (Å²) in [7, 11) is 2.04. The van der Waals surface area contributed by atoms with Crippen molar-refractivity contribution in [3.8, 4) is 17.2 Å².